The molecule has 2 aromatic rings. The van der Waals surface area contributed by atoms with Gasteiger partial charge in [0.05, 0.1) is 12.2 Å². The maximum atomic E-state index is 12.8. The number of unbranched alkanes of at least 4 members (excludes halogenated alkanes) is 2. The SMILES string of the molecule is NC(COc1ccc(C(=O)O)cc1)=NCCCCCOc1ccc(F)cc1. The van der Waals surface area contributed by atoms with Crippen LogP contribution >= 0.6 is 0 Å². The molecule has 0 fully saturated rings. The van der Waals surface area contributed by atoms with Gasteiger partial charge in [-0.05, 0) is 67.8 Å². The predicted octanol–water partition coefficient (Wildman–Crippen LogP) is 3.51. The number of carbonyl (C=O) groups is 1. The lowest BCUT2D eigenvalue weighted by atomic mass is 10.2. The van der Waals surface area contributed by atoms with E-state index in [-0.39, 0.29) is 18.0 Å². The van der Waals surface area contributed by atoms with Crippen LogP contribution in [0, 0.1) is 5.82 Å². The smallest absolute Gasteiger partial charge is 0.335 e. The Morgan fingerprint density at radius 2 is 1.59 bits per heavy atom. The van der Waals surface area contributed by atoms with Crippen molar-refractivity contribution < 1.29 is 23.8 Å². The third kappa shape index (κ3) is 7.77. The molecule has 2 rings (SSSR count). The van der Waals surface area contributed by atoms with Gasteiger partial charge in [0.15, 0.2) is 0 Å². The predicted molar refractivity (Wildman–Crippen MR) is 101 cm³/mol. The minimum atomic E-state index is -0.981. The number of rotatable bonds is 11. The molecule has 27 heavy (non-hydrogen) atoms. The van der Waals surface area contributed by atoms with Crippen LogP contribution in [0.2, 0.25) is 0 Å². The van der Waals surface area contributed by atoms with E-state index >= 15 is 0 Å². The Bertz CT molecular complexity index is 746. The van der Waals surface area contributed by atoms with Crippen molar-refractivity contribution in [2.75, 3.05) is 19.8 Å². The fourth-order valence-electron chi connectivity index (χ4n) is 2.23. The van der Waals surface area contributed by atoms with Gasteiger partial charge in [-0.25, -0.2) is 9.18 Å². The number of nitrogens with two attached hydrogens (primary N) is 1. The molecule has 0 bridgehead atoms. The molecule has 0 saturated heterocycles. The van der Waals surface area contributed by atoms with Crippen molar-refractivity contribution in [3.63, 3.8) is 0 Å². The van der Waals surface area contributed by atoms with Gasteiger partial charge in [0.1, 0.15) is 29.8 Å². The molecule has 0 saturated carbocycles. The van der Waals surface area contributed by atoms with Gasteiger partial charge in [0.25, 0.3) is 0 Å². The van der Waals surface area contributed by atoms with Gasteiger partial charge in [-0.3, -0.25) is 4.99 Å². The summed E-state index contributed by atoms with van der Waals surface area (Å²) >= 11 is 0. The summed E-state index contributed by atoms with van der Waals surface area (Å²) in [6.45, 7) is 1.32. The molecule has 0 atom stereocenters. The molecule has 0 aliphatic carbocycles. The van der Waals surface area contributed by atoms with Crippen molar-refractivity contribution in [3.8, 4) is 11.5 Å². The number of amidine groups is 1. The summed E-state index contributed by atoms with van der Waals surface area (Å²) in [5, 5.41) is 8.83. The first kappa shape index (κ1) is 20.2. The number of carboxylic acid groups (broad SMARTS) is 1. The van der Waals surface area contributed by atoms with Crippen molar-refractivity contribution >= 4 is 11.8 Å². The van der Waals surface area contributed by atoms with E-state index in [0.717, 1.165) is 19.3 Å². The van der Waals surface area contributed by atoms with Gasteiger partial charge in [-0.2, -0.15) is 0 Å². The summed E-state index contributed by atoms with van der Waals surface area (Å²) in [5.41, 5.74) is 6.01. The molecule has 7 heteroatoms. The van der Waals surface area contributed by atoms with Gasteiger partial charge >= 0.3 is 5.97 Å². The third-order valence-corrected chi connectivity index (χ3v) is 3.69. The summed E-state index contributed by atoms with van der Waals surface area (Å²) in [4.78, 5) is 15.0. The lowest BCUT2D eigenvalue weighted by molar-refractivity contribution is 0.0697. The van der Waals surface area contributed by atoms with E-state index in [1.54, 1.807) is 24.3 Å². The molecule has 3 N–H and O–H groups in total. The van der Waals surface area contributed by atoms with E-state index in [0.29, 0.717) is 30.5 Å². The number of hydrogen-bond acceptors (Lipinski definition) is 4. The maximum Gasteiger partial charge on any atom is 0.335 e. The third-order valence-electron chi connectivity index (χ3n) is 3.69. The molecular formula is C20H23FN2O4. The van der Waals surface area contributed by atoms with Crippen molar-refractivity contribution in [1.82, 2.24) is 0 Å². The zero-order valence-electron chi connectivity index (χ0n) is 14.9. The van der Waals surface area contributed by atoms with Crippen LogP contribution in [-0.4, -0.2) is 36.7 Å². The summed E-state index contributed by atoms with van der Waals surface area (Å²) in [6.07, 6.45) is 2.69. The highest BCUT2D eigenvalue weighted by atomic mass is 19.1. The average Bonchev–Trinajstić information content (AvgIpc) is 2.67. The number of hydrogen-bond donors (Lipinski definition) is 2. The minimum Gasteiger partial charge on any atom is -0.494 e. The monoisotopic (exact) mass is 374 g/mol. The van der Waals surface area contributed by atoms with E-state index in [4.69, 9.17) is 20.3 Å². The van der Waals surface area contributed by atoms with E-state index in [1.807, 2.05) is 0 Å². The number of halogens is 1. The topological polar surface area (TPSA) is 94.1 Å². The quantitative estimate of drug-likeness (QED) is 0.357. The van der Waals surface area contributed by atoms with E-state index in [2.05, 4.69) is 4.99 Å². The van der Waals surface area contributed by atoms with Crippen LogP contribution in [0.15, 0.2) is 53.5 Å². The highest BCUT2D eigenvalue weighted by molar-refractivity contribution is 5.87. The zero-order chi connectivity index (χ0) is 19.5. The lowest BCUT2D eigenvalue weighted by Gasteiger charge is -2.07. The summed E-state index contributed by atoms with van der Waals surface area (Å²) in [6, 6.07) is 12.1. The largest absolute Gasteiger partial charge is 0.494 e. The molecule has 0 spiro atoms. The van der Waals surface area contributed by atoms with Crippen molar-refractivity contribution in [1.29, 1.82) is 0 Å². The molecule has 0 aromatic heterocycles. The fraction of sp³-hybridized carbons (Fsp3) is 0.300. The van der Waals surface area contributed by atoms with E-state index < -0.39 is 5.97 Å². The van der Waals surface area contributed by atoms with Crippen LogP contribution in [-0.2, 0) is 0 Å². The number of nitrogens with zero attached hydrogens (tertiary/aromatic N) is 1. The zero-order valence-corrected chi connectivity index (χ0v) is 14.9. The Hall–Kier alpha value is -3.09. The second-order valence-electron chi connectivity index (χ2n) is 5.85. The second kappa shape index (κ2) is 10.8. The Labute approximate surface area is 157 Å². The van der Waals surface area contributed by atoms with Crippen molar-refractivity contribution in [2.24, 2.45) is 10.7 Å². The van der Waals surface area contributed by atoms with Crippen LogP contribution in [0.1, 0.15) is 29.6 Å². The Morgan fingerprint density at radius 1 is 0.963 bits per heavy atom. The van der Waals surface area contributed by atoms with Crippen molar-refractivity contribution in [3.05, 3.63) is 59.9 Å². The molecule has 0 aliphatic rings. The van der Waals surface area contributed by atoms with Crippen LogP contribution in [0.4, 0.5) is 4.39 Å². The normalized spacial score (nSPS) is 11.2. The fourth-order valence-corrected chi connectivity index (χ4v) is 2.23. The molecule has 0 aliphatic heterocycles. The molecule has 0 radical (unpaired) electrons. The molecule has 0 amide bonds. The molecule has 2 aromatic carbocycles. The maximum absolute atomic E-state index is 12.8. The van der Waals surface area contributed by atoms with Crippen LogP contribution in [0.25, 0.3) is 0 Å². The highest BCUT2D eigenvalue weighted by Crippen LogP contribution is 2.13. The van der Waals surface area contributed by atoms with Gasteiger partial charge in [-0.1, -0.05) is 0 Å². The first-order valence-corrected chi connectivity index (χ1v) is 8.68. The first-order valence-electron chi connectivity index (χ1n) is 8.68. The number of ether oxygens (including phenoxy) is 2. The Balaban J connectivity index is 1.56. The number of aliphatic imine (C=N–C) groups is 1. The number of benzene rings is 2. The molecule has 0 unspecified atom stereocenters. The van der Waals surface area contributed by atoms with Crippen LogP contribution in [0.5, 0.6) is 11.5 Å². The van der Waals surface area contributed by atoms with Gasteiger partial charge in [0.2, 0.25) is 0 Å². The highest BCUT2D eigenvalue weighted by Gasteiger charge is 2.02. The van der Waals surface area contributed by atoms with Gasteiger partial charge in [0, 0.05) is 6.54 Å². The van der Waals surface area contributed by atoms with Crippen LogP contribution < -0.4 is 15.2 Å². The summed E-state index contributed by atoms with van der Waals surface area (Å²) in [5.74, 6) is 0.327. The Kier molecular flexibility index (Phi) is 8.09. The number of carboxylic acids is 1. The van der Waals surface area contributed by atoms with Gasteiger partial charge < -0.3 is 20.3 Å². The molecule has 0 heterocycles. The minimum absolute atomic E-state index is 0.153. The molecule has 6 nitrogen and oxygen atoms in total. The first-order chi connectivity index (χ1) is 13.0. The van der Waals surface area contributed by atoms with E-state index in [1.165, 1.54) is 24.3 Å². The molecule has 144 valence electrons. The second-order valence-corrected chi connectivity index (χ2v) is 5.85. The molecular weight excluding hydrogens is 351 g/mol. The standard InChI is InChI=1S/C20H23FN2O4/c21-16-6-10-17(11-7-16)26-13-3-1-2-12-23-19(22)14-27-18-8-4-15(5-9-18)20(24)25/h4-11H,1-3,12-14H2,(H2,22,23)(H,24,25). The van der Waals surface area contributed by atoms with Gasteiger partial charge in [-0.15, -0.1) is 0 Å². The lowest BCUT2D eigenvalue weighted by Crippen LogP contribution is -2.21. The number of aromatic carboxylic acids is 1. The van der Waals surface area contributed by atoms with Crippen LogP contribution in [0.3, 0.4) is 0 Å². The summed E-state index contributed by atoms with van der Waals surface area (Å²) < 4.78 is 23.7. The van der Waals surface area contributed by atoms with E-state index in [9.17, 15) is 9.18 Å². The summed E-state index contributed by atoms with van der Waals surface area (Å²) in [7, 11) is 0. The van der Waals surface area contributed by atoms with Crippen molar-refractivity contribution in [2.45, 2.75) is 19.3 Å². The Morgan fingerprint density at radius 3 is 2.26 bits per heavy atom. The average molecular weight is 374 g/mol.